The maximum atomic E-state index is 2.59. The fourth-order valence-electron chi connectivity index (χ4n) is 4.99. The van der Waals surface area contributed by atoms with E-state index in [4.69, 9.17) is 0 Å². The van der Waals surface area contributed by atoms with Crippen LogP contribution >= 0.6 is 7.92 Å². The Morgan fingerprint density at radius 1 is 0.867 bits per heavy atom. The Balaban J connectivity index is 0.00000160. The van der Waals surface area contributed by atoms with Crippen LogP contribution in [0.3, 0.4) is 0 Å². The van der Waals surface area contributed by atoms with Gasteiger partial charge >= 0.3 is 185 Å². The van der Waals surface area contributed by atoms with Gasteiger partial charge in [-0.05, 0) is 0 Å². The van der Waals surface area contributed by atoms with Crippen LogP contribution in [0.1, 0.15) is 68.3 Å². The van der Waals surface area contributed by atoms with Crippen molar-refractivity contribution >= 4 is 20.1 Å². The monoisotopic (exact) mass is 534 g/mol. The molecule has 0 bridgehead atoms. The predicted octanol–water partition coefficient (Wildman–Crippen LogP) is 1.86. The van der Waals surface area contributed by atoms with Crippen molar-refractivity contribution in [2.45, 2.75) is 60.1 Å². The molecule has 0 saturated heterocycles. The average Bonchev–Trinajstić information content (AvgIpc) is 3.22. The first-order valence-electron chi connectivity index (χ1n) is 10.5. The first kappa shape index (κ1) is 26.1. The van der Waals surface area contributed by atoms with Crippen molar-refractivity contribution < 1.29 is 48.0 Å². The van der Waals surface area contributed by atoms with Crippen molar-refractivity contribution in [3.63, 3.8) is 0 Å². The number of hydrogen-bond acceptors (Lipinski definition) is 0. The van der Waals surface area contributed by atoms with Gasteiger partial charge in [-0.3, -0.25) is 0 Å². The topological polar surface area (TPSA) is 0 Å². The first-order chi connectivity index (χ1) is 13.4. The molecule has 4 heteroatoms. The molecule has 0 heterocycles. The molecule has 0 aliphatic heterocycles. The minimum absolute atomic E-state index is 0. The van der Waals surface area contributed by atoms with Crippen molar-refractivity contribution in [2.75, 3.05) is 0 Å². The maximum Gasteiger partial charge on any atom is -1.00 e. The number of hydrogen-bond donors (Lipinski definition) is 0. The molecule has 158 valence electrons. The number of aryl methyl sites for hydroxylation is 2. The third-order valence-corrected chi connectivity index (χ3v) is 14.4. The van der Waals surface area contributed by atoms with Gasteiger partial charge in [-0.2, -0.15) is 0 Å². The molecule has 2 unspecified atom stereocenters. The van der Waals surface area contributed by atoms with Gasteiger partial charge in [0.05, 0.1) is 0 Å². The molecule has 2 atom stereocenters. The first-order valence-corrected chi connectivity index (χ1v) is 14.8. The molecule has 0 aromatic heterocycles. The van der Waals surface area contributed by atoms with E-state index in [1.807, 2.05) is 0 Å². The van der Waals surface area contributed by atoms with Crippen LogP contribution in [-0.2, 0) is 23.2 Å². The average molecular weight is 537 g/mol. The third kappa shape index (κ3) is 4.76. The van der Waals surface area contributed by atoms with Crippen molar-refractivity contribution in [3.05, 3.63) is 81.2 Å². The molecule has 0 amide bonds. The van der Waals surface area contributed by atoms with E-state index in [0.717, 1.165) is 14.9 Å². The quantitative estimate of drug-likeness (QED) is 0.512. The number of fused-ring (bicyclic) bond motifs is 2. The Bertz CT molecular complexity index is 954. The molecule has 4 rings (SSSR count). The fraction of sp³-hybridized carbons (Fsp3) is 0.385. The Labute approximate surface area is 208 Å². The number of halogens is 2. The van der Waals surface area contributed by atoms with E-state index in [2.05, 4.69) is 96.2 Å². The second kappa shape index (κ2) is 10.6. The number of allylic oxidation sites excluding steroid dienone is 2. The zero-order valence-electron chi connectivity index (χ0n) is 18.7. The van der Waals surface area contributed by atoms with E-state index in [1.165, 1.54) is 22.3 Å². The Hall–Kier alpha value is -0.187. The molecule has 0 N–H and O–H groups in total. The van der Waals surface area contributed by atoms with Gasteiger partial charge in [0, 0.05) is 0 Å². The molecule has 0 nitrogen and oxygen atoms in total. The minimum Gasteiger partial charge on any atom is -1.00 e. The largest absolute Gasteiger partial charge is 1.00 e. The van der Waals surface area contributed by atoms with Crippen LogP contribution in [0.4, 0.5) is 0 Å². The summed E-state index contributed by atoms with van der Waals surface area (Å²) < 4.78 is 1.44. The maximum absolute atomic E-state index is 2.59. The van der Waals surface area contributed by atoms with Gasteiger partial charge in [-0.15, -0.1) is 0 Å². The van der Waals surface area contributed by atoms with Crippen LogP contribution in [0, 0.1) is 13.8 Å². The normalized spacial score (nSPS) is 18.6. The summed E-state index contributed by atoms with van der Waals surface area (Å²) in [6.45, 7) is 14.3. The summed E-state index contributed by atoms with van der Waals surface area (Å²) in [5, 5.41) is 1.81. The summed E-state index contributed by atoms with van der Waals surface area (Å²) >= 11 is -0.739. The minimum atomic E-state index is -0.739. The van der Waals surface area contributed by atoms with E-state index in [-0.39, 0.29) is 32.7 Å². The molecule has 2 aliphatic carbocycles. The van der Waals surface area contributed by atoms with Crippen LogP contribution in [0.25, 0.3) is 12.2 Å². The standard InChI is InChI=1S/C15H20P.C11H11.2ClH.Zr/c1-11(2)16(12(3)4)15-9-13-7-5-6-8-14(13)10-15;1-8-6-7-9(2)11-5-3-4-10(8)11;;;/h5-12H,1-4H3;3-7H,1-2H3;2*1H;/q;;;;+2/p-2. The van der Waals surface area contributed by atoms with Crippen molar-refractivity contribution in [3.8, 4) is 0 Å². The Kier molecular flexibility index (Phi) is 9.23. The van der Waals surface area contributed by atoms with Gasteiger partial charge in [-0.25, -0.2) is 0 Å². The summed E-state index contributed by atoms with van der Waals surface area (Å²) in [5.41, 5.74) is 10.7. The van der Waals surface area contributed by atoms with Gasteiger partial charge in [0.1, 0.15) is 0 Å². The molecule has 0 spiro atoms. The van der Waals surface area contributed by atoms with Crippen LogP contribution < -0.4 is 24.8 Å². The van der Waals surface area contributed by atoms with Crippen molar-refractivity contribution in [2.24, 2.45) is 0 Å². The van der Waals surface area contributed by atoms with E-state index >= 15 is 0 Å². The molecular formula is C26H31Cl2PZr. The molecule has 0 fully saturated rings. The molecule has 0 saturated carbocycles. The second-order valence-electron chi connectivity index (χ2n) is 8.76. The van der Waals surface area contributed by atoms with Crippen LogP contribution in [0.2, 0.25) is 0 Å². The molecule has 2 aliphatic rings. The fourth-order valence-corrected chi connectivity index (χ4v) is 14.1. The number of benzene rings is 2. The van der Waals surface area contributed by atoms with E-state index in [9.17, 15) is 0 Å². The smallest absolute Gasteiger partial charge is 1.00 e. The summed E-state index contributed by atoms with van der Waals surface area (Å²) in [6, 6.07) is 13.9. The van der Waals surface area contributed by atoms with Gasteiger partial charge in [0.25, 0.3) is 0 Å². The molecule has 30 heavy (non-hydrogen) atoms. The summed E-state index contributed by atoms with van der Waals surface area (Å²) in [4.78, 5) is 0. The zero-order valence-corrected chi connectivity index (χ0v) is 23.6. The SMILES string of the molecule is Cc1ccc(C)c2c1C=C[CH]2[Zr+2][CH]1C(P(C(C)C)C(C)C)=Cc2ccccc21.[Cl-].[Cl-]. The summed E-state index contributed by atoms with van der Waals surface area (Å²) in [6.07, 6.45) is 7.55. The summed E-state index contributed by atoms with van der Waals surface area (Å²) in [5.74, 6) is 0. The predicted molar refractivity (Wildman–Crippen MR) is 122 cm³/mol. The van der Waals surface area contributed by atoms with Crippen LogP contribution in [0.15, 0.2) is 47.8 Å². The van der Waals surface area contributed by atoms with E-state index in [0.29, 0.717) is 3.63 Å². The molecular weight excluding hydrogens is 505 g/mol. The Morgan fingerprint density at radius 2 is 1.50 bits per heavy atom. The van der Waals surface area contributed by atoms with E-state index in [1.54, 1.807) is 16.4 Å². The second-order valence-corrected chi connectivity index (χ2v) is 15.9. The van der Waals surface area contributed by atoms with Gasteiger partial charge in [0.15, 0.2) is 0 Å². The van der Waals surface area contributed by atoms with E-state index < -0.39 is 23.2 Å². The molecule has 2 aromatic rings. The van der Waals surface area contributed by atoms with Gasteiger partial charge in [0.2, 0.25) is 0 Å². The van der Waals surface area contributed by atoms with Crippen LogP contribution in [-0.4, -0.2) is 11.3 Å². The van der Waals surface area contributed by atoms with Crippen LogP contribution in [0.5, 0.6) is 0 Å². The summed E-state index contributed by atoms with van der Waals surface area (Å²) in [7, 11) is -0.0873. The van der Waals surface area contributed by atoms with Crippen molar-refractivity contribution in [1.29, 1.82) is 0 Å². The van der Waals surface area contributed by atoms with Gasteiger partial charge < -0.3 is 24.8 Å². The molecule has 2 aromatic carbocycles. The Morgan fingerprint density at radius 3 is 2.17 bits per heavy atom. The molecule has 0 radical (unpaired) electrons. The van der Waals surface area contributed by atoms with Gasteiger partial charge in [-0.1, -0.05) is 0 Å². The van der Waals surface area contributed by atoms with Crippen molar-refractivity contribution in [1.82, 2.24) is 0 Å². The third-order valence-electron chi connectivity index (χ3n) is 6.15. The zero-order chi connectivity index (χ0) is 20.0. The number of rotatable bonds is 5.